The summed E-state index contributed by atoms with van der Waals surface area (Å²) < 4.78 is 0. The Hall–Kier alpha value is -1.37. The van der Waals surface area contributed by atoms with Gasteiger partial charge in [-0.05, 0) is 17.9 Å². The summed E-state index contributed by atoms with van der Waals surface area (Å²) in [6.07, 6.45) is 0.128. The lowest BCUT2D eigenvalue weighted by Crippen LogP contribution is -2.47. The molecule has 0 aliphatic carbocycles. The lowest BCUT2D eigenvalue weighted by molar-refractivity contribution is -0.142. The fourth-order valence-corrected chi connectivity index (χ4v) is 1.36. The van der Waals surface area contributed by atoms with Gasteiger partial charge in [0, 0.05) is 6.42 Å². The molecule has 16 heavy (non-hydrogen) atoms. The van der Waals surface area contributed by atoms with E-state index in [0.29, 0.717) is 11.0 Å². The van der Waals surface area contributed by atoms with E-state index in [1.54, 1.807) is 18.2 Å². The van der Waals surface area contributed by atoms with Gasteiger partial charge in [-0.25, -0.2) is 0 Å². The van der Waals surface area contributed by atoms with Gasteiger partial charge in [0.15, 0.2) is 0 Å². The van der Waals surface area contributed by atoms with E-state index in [1.165, 1.54) is 13.0 Å². The Kier molecular flexibility index (Phi) is 3.69. The molecule has 0 unspecified atom stereocenters. The van der Waals surface area contributed by atoms with Crippen molar-refractivity contribution in [3.63, 3.8) is 0 Å². The third-order valence-electron chi connectivity index (χ3n) is 2.31. The molecule has 86 valence electrons. The van der Waals surface area contributed by atoms with Crippen LogP contribution in [0.5, 0.6) is 0 Å². The van der Waals surface area contributed by atoms with Crippen molar-refractivity contribution in [3.05, 3.63) is 29.8 Å². The Balaban J connectivity index is 2.90. The second kappa shape index (κ2) is 4.65. The van der Waals surface area contributed by atoms with Crippen LogP contribution in [0.1, 0.15) is 12.5 Å². The summed E-state index contributed by atoms with van der Waals surface area (Å²) >= 11 is 0. The largest absolute Gasteiger partial charge is 0.488 e. The molecule has 1 aromatic carbocycles. The summed E-state index contributed by atoms with van der Waals surface area (Å²) in [5.74, 6) is -1.09. The Bertz CT molecular complexity index is 392. The molecular formula is C10H14BNO4. The van der Waals surface area contributed by atoms with Gasteiger partial charge in [0.25, 0.3) is 0 Å². The zero-order valence-corrected chi connectivity index (χ0v) is 8.92. The Morgan fingerprint density at radius 1 is 1.50 bits per heavy atom. The van der Waals surface area contributed by atoms with Crippen molar-refractivity contribution in [3.8, 4) is 0 Å². The SMILES string of the molecule is C[C@](N)(Cc1cccc(B(O)O)c1)C(=O)O. The van der Waals surface area contributed by atoms with E-state index >= 15 is 0 Å². The topological polar surface area (TPSA) is 104 Å². The molecule has 5 nitrogen and oxygen atoms in total. The van der Waals surface area contributed by atoms with Crippen molar-refractivity contribution in [1.29, 1.82) is 0 Å². The Labute approximate surface area is 93.7 Å². The van der Waals surface area contributed by atoms with Crippen LogP contribution in [0, 0.1) is 0 Å². The van der Waals surface area contributed by atoms with Gasteiger partial charge in [0.05, 0.1) is 0 Å². The van der Waals surface area contributed by atoms with Crippen LogP contribution in [-0.2, 0) is 11.2 Å². The summed E-state index contributed by atoms with van der Waals surface area (Å²) in [5.41, 5.74) is 5.20. The van der Waals surface area contributed by atoms with Gasteiger partial charge in [-0.3, -0.25) is 4.79 Å². The second-order valence-corrected chi connectivity index (χ2v) is 4.02. The highest BCUT2D eigenvalue weighted by Crippen LogP contribution is 2.10. The standard InChI is InChI=1S/C10H14BNO4/c1-10(12,9(13)14)6-7-3-2-4-8(5-7)11(15)16/h2-5,15-16H,6,12H2,1H3,(H,13,14)/t10-/m0/s1. The van der Waals surface area contributed by atoms with Gasteiger partial charge in [-0.1, -0.05) is 24.3 Å². The first kappa shape index (κ1) is 12.7. The van der Waals surface area contributed by atoms with Crippen molar-refractivity contribution in [2.24, 2.45) is 5.73 Å². The van der Waals surface area contributed by atoms with Crippen LogP contribution in [0.25, 0.3) is 0 Å². The van der Waals surface area contributed by atoms with E-state index in [4.69, 9.17) is 20.9 Å². The minimum absolute atomic E-state index is 0.128. The molecule has 0 saturated heterocycles. The molecule has 0 saturated carbocycles. The van der Waals surface area contributed by atoms with E-state index in [0.717, 1.165) is 0 Å². The predicted octanol–water partition coefficient (Wildman–Crippen LogP) is -1.29. The van der Waals surface area contributed by atoms with Crippen LogP contribution in [0.2, 0.25) is 0 Å². The van der Waals surface area contributed by atoms with Crippen LogP contribution < -0.4 is 11.2 Å². The highest BCUT2D eigenvalue weighted by atomic mass is 16.4. The molecular weight excluding hydrogens is 209 g/mol. The normalized spacial score (nSPS) is 14.2. The number of carboxylic acids is 1. The summed E-state index contributed by atoms with van der Waals surface area (Å²) in [5, 5.41) is 26.8. The zero-order chi connectivity index (χ0) is 12.3. The number of hydrogen-bond donors (Lipinski definition) is 4. The molecule has 0 aliphatic rings. The zero-order valence-electron chi connectivity index (χ0n) is 8.92. The van der Waals surface area contributed by atoms with E-state index in [1.807, 2.05) is 0 Å². The number of carboxylic acid groups (broad SMARTS) is 1. The summed E-state index contributed by atoms with van der Waals surface area (Å²) in [6, 6.07) is 6.39. The Morgan fingerprint density at radius 3 is 2.62 bits per heavy atom. The minimum atomic E-state index is -1.56. The third kappa shape index (κ3) is 3.06. The van der Waals surface area contributed by atoms with Gasteiger partial charge < -0.3 is 20.9 Å². The first-order valence-electron chi connectivity index (χ1n) is 4.80. The second-order valence-electron chi connectivity index (χ2n) is 4.02. The van der Waals surface area contributed by atoms with Crippen LogP contribution >= 0.6 is 0 Å². The number of carbonyl (C=O) groups is 1. The summed E-state index contributed by atoms with van der Waals surface area (Å²) in [6.45, 7) is 1.41. The smallest absolute Gasteiger partial charge is 0.480 e. The first-order valence-corrected chi connectivity index (χ1v) is 4.80. The van der Waals surface area contributed by atoms with Gasteiger partial charge >= 0.3 is 13.1 Å². The lowest BCUT2D eigenvalue weighted by atomic mass is 9.78. The average Bonchev–Trinajstić information content (AvgIpc) is 2.17. The van der Waals surface area contributed by atoms with Crippen LogP contribution in [0.4, 0.5) is 0 Å². The van der Waals surface area contributed by atoms with Crippen LogP contribution in [0.3, 0.4) is 0 Å². The van der Waals surface area contributed by atoms with Gasteiger partial charge in [-0.2, -0.15) is 0 Å². The number of benzene rings is 1. The highest BCUT2D eigenvalue weighted by Gasteiger charge is 2.28. The molecule has 0 heterocycles. The fraction of sp³-hybridized carbons (Fsp3) is 0.300. The number of rotatable bonds is 4. The van der Waals surface area contributed by atoms with E-state index in [2.05, 4.69) is 0 Å². The number of aliphatic carboxylic acids is 1. The Morgan fingerprint density at radius 2 is 2.12 bits per heavy atom. The molecule has 0 fully saturated rings. The van der Waals surface area contributed by atoms with Gasteiger partial charge in [0.2, 0.25) is 0 Å². The van der Waals surface area contributed by atoms with E-state index in [-0.39, 0.29) is 6.42 Å². The average molecular weight is 223 g/mol. The van der Waals surface area contributed by atoms with Crippen molar-refractivity contribution in [1.82, 2.24) is 0 Å². The van der Waals surface area contributed by atoms with Gasteiger partial charge in [-0.15, -0.1) is 0 Å². The quantitative estimate of drug-likeness (QED) is 0.475. The molecule has 0 aromatic heterocycles. The summed E-state index contributed by atoms with van der Waals surface area (Å²) in [7, 11) is -1.56. The molecule has 6 heteroatoms. The maximum absolute atomic E-state index is 10.8. The molecule has 5 N–H and O–H groups in total. The molecule has 1 rings (SSSR count). The molecule has 0 aliphatic heterocycles. The van der Waals surface area contributed by atoms with Crippen LogP contribution in [0.15, 0.2) is 24.3 Å². The van der Waals surface area contributed by atoms with Crippen LogP contribution in [-0.4, -0.2) is 33.8 Å². The molecule has 0 amide bonds. The molecule has 0 spiro atoms. The van der Waals surface area contributed by atoms with Crippen molar-refractivity contribution in [2.45, 2.75) is 18.9 Å². The van der Waals surface area contributed by atoms with Crippen molar-refractivity contribution < 1.29 is 19.9 Å². The van der Waals surface area contributed by atoms with E-state index in [9.17, 15) is 4.79 Å². The van der Waals surface area contributed by atoms with E-state index < -0.39 is 18.6 Å². The number of nitrogens with two attached hydrogens (primary N) is 1. The first-order chi connectivity index (χ1) is 7.33. The molecule has 1 atom stereocenters. The highest BCUT2D eigenvalue weighted by molar-refractivity contribution is 6.58. The predicted molar refractivity (Wildman–Crippen MR) is 60.2 cm³/mol. The maximum Gasteiger partial charge on any atom is 0.488 e. The van der Waals surface area contributed by atoms with Crippen molar-refractivity contribution in [2.75, 3.05) is 0 Å². The third-order valence-corrected chi connectivity index (χ3v) is 2.31. The van der Waals surface area contributed by atoms with Crippen molar-refractivity contribution >= 4 is 18.6 Å². The monoisotopic (exact) mass is 223 g/mol. The maximum atomic E-state index is 10.8. The van der Waals surface area contributed by atoms with Gasteiger partial charge in [0.1, 0.15) is 5.54 Å². The molecule has 1 aromatic rings. The minimum Gasteiger partial charge on any atom is -0.480 e. The fourth-order valence-electron chi connectivity index (χ4n) is 1.36. The number of hydrogen-bond acceptors (Lipinski definition) is 4. The molecule has 0 radical (unpaired) electrons. The summed E-state index contributed by atoms with van der Waals surface area (Å²) in [4.78, 5) is 10.8. The molecule has 0 bridgehead atoms. The lowest BCUT2D eigenvalue weighted by Gasteiger charge is -2.19.